The van der Waals surface area contributed by atoms with E-state index in [4.69, 9.17) is 11.0 Å². The van der Waals surface area contributed by atoms with Crippen molar-refractivity contribution in [2.75, 3.05) is 12.8 Å². The lowest BCUT2D eigenvalue weighted by Crippen LogP contribution is -2.13. The number of carbonyl (C=O) groups excluding carboxylic acids is 1. The van der Waals surface area contributed by atoms with Crippen molar-refractivity contribution in [3.8, 4) is 6.07 Å². The quantitative estimate of drug-likeness (QED) is 0.755. The Balaban J connectivity index is 3.60. The van der Waals surface area contributed by atoms with Gasteiger partial charge in [-0.2, -0.15) is 5.26 Å². The Morgan fingerprint density at radius 1 is 1.62 bits per heavy atom. The SMILES string of the molecule is CCc1nc(N)c(C#N)c(C(=O)OC)c1C. The largest absolute Gasteiger partial charge is 0.465 e. The summed E-state index contributed by atoms with van der Waals surface area (Å²) in [6.45, 7) is 3.64. The van der Waals surface area contributed by atoms with Gasteiger partial charge in [0.2, 0.25) is 0 Å². The van der Waals surface area contributed by atoms with E-state index in [1.165, 1.54) is 7.11 Å². The summed E-state index contributed by atoms with van der Waals surface area (Å²) in [4.78, 5) is 15.7. The molecule has 0 aromatic carbocycles. The topological polar surface area (TPSA) is 89.0 Å². The minimum atomic E-state index is -0.558. The predicted molar refractivity (Wildman–Crippen MR) is 58.8 cm³/mol. The summed E-state index contributed by atoms with van der Waals surface area (Å²) in [7, 11) is 1.27. The van der Waals surface area contributed by atoms with Gasteiger partial charge in [0.25, 0.3) is 0 Å². The van der Waals surface area contributed by atoms with Crippen molar-refractivity contribution < 1.29 is 9.53 Å². The molecular formula is C11H13N3O2. The molecule has 0 atom stereocenters. The van der Waals surface area contributed by atoms with E-state index in [-0.39, 0.29) is 16.9 Å². The first-order valence-corrected chi connectivity index (χ1v) is 4.84. The second kappa shape index (κ2) is 4.62. The zero-order chi connectivity index (χ0) is 12.3. The molecule has 0 saturated carbocycles. The number of aromatic nitrogens is 1. The Labute approximate surface area is 93.8 Å². The summed E-state index contributed by atoms with van der Waals surface area (Å²) in [6, 6.07) is 1.88. The van der Waals surface area contributed by atoms with E-state index in [2.05, 4.69) is 9.72 Å². The summed E-state index contributed by atoms with van der Waals surface area (Å²) in [5, 5.41) is 8.95. The van der Waals surface area contributed by atoms with Gasteiger partial charge in [-0.15, -0.1) is 0 Å². The van der Waals surface area contributed by atoms with Crippen LogP contribution in [0.5, 0.6) is 0 Å². The standard InChI is InChI=1S/C11H13N3O2/c1-4-8-6(2)9(11(15)16-3)7(5-12)10(13)14-8/h4H2,1-3H3,(H2,13,14). The predicted octanol–water partition coefficient (Wildman–Crippen LogP) is 1.19. The second-order valence-corrected chi connectivity index (χ2v) is 3.28. The summed E-state index contributed by atoms with van der Waals surface area (Å²) < 4.78 is 4.64. The van der Waals surface area contributed by atoms with Crippen LogP contribution >= 0.6 is 0 Å². The summed E-state index contributed by atoms with van der Waals surface area (Å²) in [5.41, 5.74) is 7.29. The van der Waals surface area contributed by atoms with Crippen molar-refractivity contribution in [2.24, 2.45) is 0 Å². The van der Waals surface area contributed by atoms with Crippen LogP contribution in [0.15, 0.2) is 0 Å². The number of hydrogen-bond acceptors (Lipinski definition) is 5. The van der Waals surface area contributed by atoms with E-state index in [9.17, 15) is 4.79 Å². The lowest BCUT2D eigenvalue weighted by molar-refractivity contribution is 0.0599. The number of anilines is 1. The zero-order valence-corrected chi connectivity index (χ0v) is 9.50. The number of aryl methyl sites for hydroxylation is 1. The second-order valence-electron chi connectivity index (χ2n) is 3.28. The van der Waals surface area contributed by atoms with Gasteiger partial charge in [-0.3, -0.25) is 0 Å². The number of ether oxygens (including phenoxy) is 1. The van der Waals surface area contributed by atoms with E-state index < -0.39 is 5.97 Å². The maximum Gasteiger partial charge on any atom is 0.339 e. The molecule has 0 amide bonds. The van der Waals surface area contributed by atoms with E-state index in [1.54, 1.807) is 6.92 Å². The highest BCUT2D eigenvalue weighted by atomic mass is 16.5. The van der Waals surface area contributed by atoms with Crippen molar-refractivity contribution in [1.29, 1.82) is 5.26 Å². The molecule has 0 aliphatic heterocycles. The minimum Gasteiger partial charge on any atom is -0.465 e. The van der Waals surface area contributed by atoms with Crippen LogP contribution in [0.4, 0.5) is 5.82 Å². The Morgan fingerprint density at radius 3 is 2.69 bits per heavy atom. The van der Waals surface area contributed by atoms with Crippen LogP contribution in [0.2, 0.25) is 0 Å². The van der Waals surface area contributed by atoms with Gasteiger partial charge in [0, 0.05) is 5.69 Å². The Kier molecular flexibility index (Phi) is 3.46. The van der Waals surface area contributed by atoms with Gasteiger partial charge < -0.3 is 10.5 Å². The molecule has 5 heteroatoms. The molecule has 16 heavy (non-hydrogen) atoms. The number of esters is 1. The van der Waals surface area contributed by atoms with Gasteiger partial charge in [0.1, 0.15) is 17.5 Å². The average molecular weight is 219 g/mol. The fourth-order valence-corrected chi connectivity index (χ4v) is 1.56. The average Bonchev–Trinajstić information content (AvgIpc) is 2.29. The number of rotatable bonds is 2. The van der Waals surface area contributed by atoms with Crippen molar-refractivity contribution in [3.05, 3.63) is 22.4 Å². The van der Waals surface area contributed by atoms with Crippen LogP contribution in [-0.4, -0.2) is 18.1 Å². The molecule has 1 rings (SSSR count). The van der Waals surface area contributed by atoms with Crippen molar-refractivity contribution in [3.63, 3.8) is 0 Å². The number of hydrogen-bond donors (Lipinski definition) is 1. The van der Waals surface area contributed by atoms with Crippen molar-refractivity contribution in [2.45, 2.75) is 20.3 Å². The van der Waals surface area contributed by atoms with Crippen LogP contribution < -0.4 is 5.73 Å². The number of carbonyl (C=O) groups is 1. The summed E-state index contributed by atoms with van der Waals surface area (Å²) in [6.07, 6.45) is 0.645. The number of nitrogen functional groups attached to an aromatic ring is 1. The third-order valence-electron chi connectivity index (χ3n) is 2.41. The molecule has 0 radical (unpaired) electrons. The monoisotopic (exact) mass is 219 g/mol. The smallest absolute Gasteiger partial charge is 0.339 e. The maximum absolute atomic E-state index is 11.6. The van der Waals surface area contributed by atoms with Crippen molar-refractivity contribution in [1.82, 2.24) is 4.98 Å². The van der Waals surface area contributed by atoms with Crippen LogP contribution in [0.1, 0.15) is 34.1 Å². The first-order valence-electron chi connectivity index (χ1n) is 4.84. The molecule has 0 unspecified atom stereocenters. The van der Waals surface area contributed by atoms with Gasteiger partial charge in [-0.1, -0.05) is 6.92 Å². The molecule has 84 valence electrons. The molecule has 1 aromatic heterocycles. The van der Waals surface area contributed by atoms with E-state index in [0.717, 1.165) is 0 Å². The number of nitrogens with zero attached hydrogens (tertiary/aromatic N) is 2. The molecule has 1 aromatic rings. The highest BCUT2D eigenvalue weighted by molar-refractivity contribution is 5.95. The normalized spacial score (nSPS) is 9.62. The zero-order valence-electron chi connectivity index (χ0n) is 9.50. The maximum atomic E-state index is 11.6. The lowest BCUT2D eigenvalue weighted by atomic mass is 10.0. The van der Waals surface area contributed by atoms with E-state index in [1.807, 2.05) is 13.0 Å². The Hall–Kier alpha value is -2.09. The lowest BCUT2D eigenvalue weighted by Gasteiger charge is -2.11. The molecule has 0 bridgehead atoms. The van der Waals surface area contributed by atoms with Gasteiger partial charge in [0.15, 0.2) is 0 Å². The molecule has 0 aliphatic rings. The van der Waals surface area contributed by atoms with Crippen LogP contribution in [-0.2, 0) is 11.2 Å². The molecule has 1 heterocycles. The molecule has 0 saturated heterocycles. The highest BCUT2D eigenvalue weighted by Crippen LogP contribution is 2.22. The molecule has 5 nitrogen and oxygen atoms in total. The summed E-state index contributed by atoms with van der Waals surface area (Å²) in [5.74, 6) is -0.483. The van der Waals surface area contributed by atoms with Gasteiger partial charge in [-0.05, 0) is 18.9 Å². The number of nitriles is 1. The molecular weight excluding hydrogens is 206 g/mol. The van der Waals surface area contributed by atoms with Crippen LogP contribution in [0.3, 0.4) is 0 Å². The molecule has 2 N–H and O–H groups in total. The highest BCUT2D eigenvalue weighted by Gasteiger charge is 2.21. The fraction of sp³-hybridized carbons (Fsp3) is 0.364. The van der Waals surface area contributed by atoms with Crippen LogP contribution in [0, 0.1) is 18.3 Å². The first-order chi connectivity index (χ1) is 7.56. The van der Waals surface area contributed by atoms with Gasteiger partial charge in [-0.25, -0.2) is 9.78 Å². The number of pyridine rings is 1. The third kappa shape index (κ3) is 1.82. The third-order valence-corrected chi connectivity index (χ3v) is 2.41. The van der Waals surface area contributed by atoms with Gasteiger partial charge >= 0.3 is 5.97 Å². The molecule has 0 spiro atoms. The van der Waals surface area contributed by atoms with Gasteiger partial charge in [0.05, 0.1) is 12.7 Å². The van der Waals surface area contributed by atoms with E-state index in [0.29, 0.717) is 17.7 Å². The number of nitrogens with two attached hydrogens (primary N) is 1. The Morgan fingerprint density at radius 2 is 2.25 bits per heavy atom. The fourth-order valence-electron chi connectivity index (χ4n) is 1.56. The first kappa shape index (κ1) is 12.0. The van der Waals surface area contributed by atoms with E-state index >= 15 is 0 Å². The van der Waals surface area contributed by atoms with Crippen LogP contribution in [0.25, 0.3) is 0 Å². The van der Waals surface area contributed by atoms with Crippen molar-refractivity contribution >= 4 is 11.8 Å². The summed E-state index contributed by atoms with van der Waals surface area (Å²) >= 11 is 0. The molecule has 0 aliphatic carbocycles. The number of methoxy groups -OCH3 is 1. The Bertz CT molecular complexity index is 474. The minimum absolute atomic E-state index is 0.0744. The molecule has 0 fully saturated rings.